The number of nitrogens with zero attached hydrogens (tertiary/aromatic N) is 1. The van der Waals surface area contributed by atoms with E-state index in [4.69, 9.17) is 5.26 Å². The van der Waals surface area contributed by atoms with Gasteiger partial charge in [0.2, 0.25) is 0 Å². The molecule has 0 unspecified atom stereocenters. The van der Waals surface area contributed by atoms with Crippen LogP contribution in [0.15, 0.2) is 54.6 Å². The Kier molecular flexibility index (Phi) is 3.77. The van der Waals surface area contributed by atoms with Gasteiger partial charge in [-0.25, -0.2) is 0 Å². The molecule has 0 radical (unpaired) electrons. The van der Waals surface area contributed by atoms with Crippen molar-refractivity contribution in [2.45, 2.75) is 6.42 Å². The molecular formula is C14H11NSe. The molecule has 0 bridgehead atoms. The molecule has 0 aromatic heterocycles. The van der Waals surface area contributed by atoms with Crippen molar-refractivity contribution in [3.63, 3.8) is 0 Å². The normalized spacial score (nSPS) is 9.69. The molecule has 0 atom stereocenters. The van der Waals surface area contributed by atoms with E-state index >= 15 is 0 Å². The fourth-order valence-corrected chi connectivity index (χ4v) is 2.70. The summed E-state index contributed by atoms with van der Waals surface area (Å²) < 4.78 is 1.20. The Morgan fingerprint density at radius 3 is 2.38 bits per heavy atom. The third-order valence-corrected chi connectivity index (χ3v) is 3.85. The third kappa shape index (κ3) is 2.73. The van der Waals surface area contributed by atoms with Crippen LogP contribution in [-0.2, 0) is 6.42 Å². The second-order valence-electron chi connectivity index (χ2n) is 3.46. The van der Waals surface area contributed by atoms with Gasteiger partial charge in [0.15, 0.2) is 0 Å². The Morgan fingerprint density at radius 2 is 1.62 bits per heavy atom. The van der Waals surface area contributed by atoms with Gasteiger partial charge < -0.3 is 0 Å². The molecule has 1 nitrogen and oxygen atoms in total. The van der Waals surface area contributed by atoms with Crippen molar-refractivity contribution in [3.05, 3.63) is 65.7 Å². The van der Waals surface area contributed by atoms with Crippen LogP contribution in [0.5, 0.6) is 0 Å². The van der Waals surface area contributed by atoms with Gasteiger partial charge in [0, 0.05) is 0 Å². The zero-order chi connectivity index (χ0) is 11.2. The number of rotatable bonds is 3. The van der Waals surface area contributed by atoms with Crippen molar-refractivity contribution in [3.8, 4) is 4.97 Å². The summed E-state index contributed by atoms with van der Waals surface area (Å²) in [5.41, 5.74) is 2.57. The molecule has 0 N–H and O–H groups in total. The molecule has 2 rings (SSSR count). The van der Waals surface area contributed by atoms with Gasteiger partial charge in [0.25, 0.3) is 0 Å². The Labute approximate surface area is 102 Å². The molecule has 0 spiro atoms. The van der Waals surface area contributed by atoms with Gasteiger partial charge in [-0.3, -0.25) is 0 Å². The molecule has 0 heterocycles. The average Bonchev–Trinajstić information content (AvgIpc) is 2.33. The van der Waals surface area contributed by atoms with Crippen LogP contribution in [0.2, 0.25) is 0 Å². The first kappa shape index (κ1) is 11.0. The second kappa shape index (κ2) is 5.51. The quantitative estimate of drug-likeness (QED) is 0.785. The van der Waals surface area contributed by atoms with E-state index in [1.165, 1.54) is 15.6 Å². The minimum absolute atomic E-state index is 0.0641. The van der Waals surface area contributed by atoms with E-state index in [9.17, 15) is 0 Å². The monoisotopic (exact) mass is 273 g/mol. The van der Waals surface area contributed by atoms with Gasteiger partial charge in [-0.15, -0.1) is 0 Å². The van der Waals surface area contributed by atoms with Gasteiger partial charge in [0.1, 0.15) is 0 Å². The molecule has 2 aromatic rings. The standard InChI is InChI=1S/C14H11NSe/c15-11-16-14-9-5-4-8-13(14)10-12-6-2-1-3-7-12/h1-9H,10H2. The molecule has 78 valence electrons. The van der Waals surface area contributed by atoms with Gasteiger partial charge >= 0.3 is 102 Å². The first-order chi connectivity index (χ1) is 7.90. The average molecular weight is 272 g/mol. The molecule has 0 aliphatic rings. The van der Waals surface area contributed by atoms with Crippen molar-refractivity contribution in [2.75, 3.05) is 0 Å². The van der Waals surface area contributed by atoms with E-state index in [2.05, 4.69) is 29.2 Å². The fourth-order valence-electron chi connectivity index (χ4n) is 1.61. The van der Waals surface area contributed by atoms with Crippen LogP contribution < -0.4 is 4.46 Å². The molecule has 0 aliphatic heterocycles. The van der Waals surface area contributed by atoms with Crippen LogP contribution >= 0.6 is 0 Å². The van der Waals surface area contributed by atoms with E-state index in [0.29, 0.717) is 0 Å². The summed E-state index contributed by atoms with van der Waals surface area (Å²) in [4.78, 5) is 2.27. The summed E-state index contributed by atoms with van der Waals surface area (Å²) in [7, 11) is 0. The number of hydrogen-bond acceptors (Lipinski definition) is 1. The topological polar surface area (TPSA) is 23.8 Å². The van der Waals surface area contributed by atoms with Crippen molar-refractivity contribution in [1.29, 1.82) is 5.26 Å². The first-order valence-electron chi connectivity index (χ1n) is 5.08. The summed E-state index contributed by atoms with van der Waals surface area (Å²) >= 11 is -0.0641. The molecule has 2 heteroatoms. The molecule has 0 fully saturated rings. The van der Waals surface area contributed by atoms with E-state index in [0.717, 1.165) is 6.42 Å². The zero-order valence-corrected chi connectivity index (χ0v) is 10.5. The van der Waals surface area contributed by atoms with Crippen LogP contribution in [0, 0.1) is 10.2 Å². The molecule has 0 saturated heterocycles. The van der Waals surface area contributed by atoms with Crippen molar-refractivity contribution in [1.82, 2.24) is 0 Å². The van der Waals surface area contributed by atoms with Crippen LogP contribution in [0.25, 0.3) is 0 Å². The van der Waals surface area contributed by atoms with Gasteiger partial charge in [0.05, 0.1) is 0 Å². The summed E-state index contributed by atoms with van der Waals surface area (Å²) in [6, 6.07) is 18.6. The van der Waals surface area contributed by atoms with Gasteiger partial charge in [-0.2, -0.15) is 0 Å². The fraction of sp³-hybridized carbons (Fsp3) is 0.0714. The Hall–Kier alpha value is -1.55. The third-order valence-electron chi connectivity index (χ3n) is 2.37. The van der Waals surface area contributed by atoms with E-state index in [1.54, 1.807) is 0 Å². The molecule has 0 saturated carbocycles. The van der Waals surface area contributed by atoms with Crippen LogP contribution in [0.3, 0.4) is 0 Å². The van der Waals surface area contributed by atoms with E-state index < -0.39 is 0 Å². The number of nitriles is 1. The predicted molar refractivity (Wildman–Crippen MR) is 66.7 cm³/mol. The van der Waals surface area contributed by atoms with E-state index in [-0.39, 0.29) is 15.0 Å². The first-order valence-corrected chi connectivity index (χ1v) is 6.79. The molecule has 2 aromatic carbocycles. The second-order valence-corrected chi connectivity index (χ2v) is 5.20. The Morgan fingerprint density at radius 1 is 0.938 bits per heavy atom. The van der Waals surface area contributed by atoms with E-state index in [1.807, 2.05) is 30.3 Å². The predicted octanol–water partition coefficient (Wildman–Crippen LogP) is 2.09. The van der Waals surface area contributed by atoms with Crippen molar-refractivity contribution in [2.24, 2.45) is 0 Å². The van der Waals surface area contributed by atoms with Crippen LogP contribution in [-0.4, -0.2) is 15.0 Å². The van der Waals surface area contributed by atoms with Crippen molar-refractivity contribution < 1.29 is 0 Å². The Balaban J connectivity index is 2.25. The molecular weight excluding hydrogens is 261 g/mol. The summed E-state index contributed by atoms with van der Waals surface area (Å²) in [6.07, 6.45) is 0.917. The van der Waals surface area contributed by atoms with Gasteiger partial charge in [-0.05, 0) is 0 Å². The molecule has 16 heavy (non-hydrogen) atoms. The maximum absolute atomic E-state index is 8.79. The minimum atomic E-state index is -0.0641. The van der Waals surface area contributed by atoms with Gasteiger partial charge in [-0.1, -0.05) is 0 Å². The zero-order valence-electron chi connectivity index (χ0n) is 8.76. The van der Waals surface area contributed by atoms with Crippen LogP contribution in [0.4, 0.5) is 0 Å². The molecule has 0 amide bonds. The van der Waals surface area contributed by atoms with Crippen molar-refractivity contribution >= 4 is 19.4 Å². The summed E-state index contributed by atoms with van der Waals surface area (Å²) in [5.74, 6) is 0. The molecule has 0 aliphatic carbocycles. The Bertz CT molecular complexity index is 500. The van der Waals surface area contributed by atoms with Crippen LogP contribution in [0.1, 0.15) is 11.1 Å². The summed E-state index contributed by atoms with van der Waals surface area (Å²) in [6.45, 7) is 0. The maximum atomic E-state index is 8.79. The number of benzene rings is 2. The summed E-state index contributed by atoms with van der Waals surface area (Å²) in [5, 5.41) is 8.79. The number of hydrogen-bond donors (Lipinski definition) is 0. The SMILES string of the molecule is N#C[Se]c1ccccc1Cc1ccccc1.